The Morgan fingerprint density at radius 3 is 2.71 bits per heavy atom. The molecule has 0 bridgehead atoms. The van der Waals surface area contributed by atoms with Crippen LogP contribution < -0.4 is 4.74 Å². The molecule has 3 nitrogen and oxygen atoms in total. The minimum Gasteiger partial charge on any atom is -0.497 e. The maximum absolute atomic E-state index is 6.45. The summed E-state index contributed by atoms with van der Waals surface area (Å²) in [6, 6.07) is 9.06. The van der Waals surface area contributed by atoms with Gasteiger partial charge >= 0.3 is 0 Å². The molecule has 0 radical (unpaired) electrons. The molecule has 1 saturated carbocycles. The van der Waals surface area contributed by atoms with Crippen LogP contribution in [-0.4, -0.2) is 42.8 Å². The molecule has 114 valence electrons. The zero-order chi connectivity index (χ0) is 14.5. The summed E-state index contributed by atoms with van der Waals surface area (Å²) in [6.45, 7) is 1.17. The molecule has 2 aliphatic heterocycles. The highest BCUT2D eigenvalue weighted by molar-refractivity contribution is 5.31. The number of nitrogens with zero attached hydrogens (tertiary/aromatic N) is 1. The molecule has 1 aliphatic carbocycles. The van der Waals surface area contributed by atoms with Gasteiger partial charge in [-0.3, -0.25) is 4.90 Å². The molecule has 21 heavy (non-hydrogen) atoms. The topological polar surface area (TPSA) is 25.0 Å². The molecule has 1 aromatic rings. The van der Waals surface area contributed by atoms with Crippen molar-refractivity contribution in [3.63, 3.8) is 0 Å². The normalized spacial score (nSPS) is 38.5. The van der Waals surface area contributed by atoms with Crippen molar-refractivity contribution in [2.24, 2.45) is 0 Å². The van der Waals surface area contributed by atoms with Gasteiger partial charge in [0.1, 0.15) is 17.0 Å². The van der Waals surface area contributed by atoms with E-state index in [1.54, 1.807) is 7.11 Å². The average molecular weight is 287 g/mol. The van der Waals surface area contributed by atoms with E-state index in [0.717, 1.165) is 12.2 Å². The van der Waals surface area contributed by atoms with Gasteiger partial charge < -0.3 is 9.47 Å². The molecular formula is C18H25NO2. The standard InChI is InChI=1S/C18H25NO2/c1-19-12-11-17-9-3-4-10-18(17,21-17)16(19)13-14-5-7-15(20-2)8-6-14/h5-8,16H,3-4,9-13H2,1-2H3/t16-,17-,18+/m0/s1. The SMILES string of the molecule is COc1ccc(C[C@@H]2N(C)CC[C@@]34CCCC[C@@]23O4)cc1. The number of piperidine rings is 1. The van der Waals surface area contributed by atoms with E-state index in [4.69, 9.17) is 9.47 Å². The first kappa shape index (κ1) is 13.6. The molecule has 0 unspecified atom stereocenters. The summed E-state index contributed by atoms with van der Waals surface area (Å²) in [5.74, 6) is 0.934. The predicted molar refractivity (Wildman–Crippen MR) is 82.7 cm³/mol. The van der Waals surface area contributed by atoms with E-state index >= 15 is 0 Å². The third-order valence-corrected chi connectivity index (χ3v) is 6.01. The number of likely N-dealkylation sites (tertiary alicyclic amines) is 1. The van der Waals surface area contributed by atoms with Gasteiger partial charge in [0, 0.05) is 12.6 Å². The molecule has 3 fully saturated rings. The van der Waals surface area contributed by atoms with Crippen molar-refractivity contribution in [3.05, 3.63) is 29.8 Å². The first-order valence-corrected chi connectivity index (χ1v) is 8.22. The van der Waals surface area contributed by atoms with Crippen LogP contribution >= 0.6 is 0 Å². The van der Waals surface area contributed by atoms with Crippen LogP contribution in [0.3, 0.4) is 0 Å². The molecule has 0 aromatic heterocycles. The maximum Gasteiger partial charge on any atom is 0.118 e. The van der Waals surface area contributed by atoms with Crippen LogP contribution in [0.2, 0.25) is 0 Å². The second kappa shape index (κ2) is 4.72. The molecule has 0 spiro atoms. The van der Waals surface area contributed by atoms with Crippen molar-refractivity contribution in [2.75, 3.05) is 20.7 Å². The van der Waals surface area contributed by atoms with E-state index < -0.39 is 0 Å². The van der Waals surface area contributed by atoms with E-state index in [1.807, 2.05) is 0 Å². The number of rotatable bonds is 3. The Bertz CT molecular complexity index is 529. The van der Waals surface area contributed by atoms with Crippen molar-refractivity contribution in [2.45, 2.75) is 55.8 Å². The van der Waals surface area contributed by atoms with E-state index in [2.05, 4.69) is 36.2 Å². The Morgan fingerprint density at radius 2 is 1.95 bits per heavy atom. The number of epoxide rings is 1. The van der Waals surface area contributed by atoms with Crippen LogP contribution in [0.25, 0.3) is 0 Å². The van der Waals surface area contributed by atoms with Gasteiger partial charge in [0.05, 0.1) is 7.11 Å². The molecule has 4 rings (SSSR count). The van der Waals surface area contributed by atoms with Crippen LogP contribution in [0.1, 0.15) is 37.7 Å². The minimum absolute atomic E-state index is 0.151. The number of methoxy groups -OCH3 is 1. The summed E-state index contributed by atoms with van der Waals surface area (Å²) in [5, 5.41) is 0. The van der Waals surface area contributed by atoms with E-state index in [9.17, 15) is 0 Å². The third kappa shape index (κ3) is 1.94. The quantitative estimate of drug-likeness (QED) is 0.799. The van der Waals surface area contributed by atoms with Crippen molar-refractivity contribution >= 4 is 0 Å². The molecule has 0 amide bonds. The van der Waals surface area contributed by atoms with Crippen molar-refractivity contribution in [1.82, 2.24) is 4.90 Å². The summed E-state index contributed by atoms with van der Waals surface area (Å²) in [5.41, 5.74) is 1.77. The van der Waals surface area contributed by atoms with Crippen molar-refractivity contribution in [3.8, 4) is 5.75 Å². The lowest BCUT2D eigenvalue weighted by atomic mass is 9.70. The number of ether oxygens (including phenoxy) is 2. The van der Waals surface area contributed by atoms with Gasteiger partial charge in [0.2, 0.25) is 0 Å². The number of hydrogen-bond acceptors (Lipinski definition) is 3. The average Bonchev–Trinajstić information content (AvgIpc) is 3.22. The predicted octanol–water partition coefficient (Wildman–Crippen LogP) is 3.02. The highest BCUT2D eigenvalue weighted by Crippen LogP contribution is 2.64. The van der Waals surface area contributed by atoms with Gasteiger partial charge in [-0.15, -0.1) is 0 Å². The highest BCUT2D eigenvalue weighted by atomic mass is 16.6. The Morgan fingerprint density at radius 1 is 1.19 bits per heavy atom. The van der Waals surface area contributed by atoms with Gasteiger partial charge in [-0.1, -0.05) is 25.0 Å². The number of likely N-dealkylation sites (N-methyl/N-ethyl adjacent to an activating group) is 1. The van der Waals surface area contributed by atoms with Crippen LogP contribution in [-0.2, 0) is 11.2 Å². The Hall–Kier alpha value is -1.06. The summed E-state index contributed by atoms with van der Waals surface area (Å²) in [4.78, 5) is 2.53. The highest BCUT2D eigenvalue weighted by Gasteiger charge is 2.75. The van der Waals surface area contributed by atoms with Gasteiger partial charge in [-0.25, -0.2) is 0 Å². The Labute approximate surface area is 127 Å². The fourth-order valence-electron chi connectivity index (χ4n) is 4.76. The largest absolute Gasteiger partial charge is 0.497 e. The van der Waals surface area contributed by atoms with Crippen LogP contribution in [0.15, 0.2) is 24.3 Å². The fourth-order valence-corrected chi connectivity index (χ4v) is 4.76. The van der Waals surface area contributed by atoms with Gasteiger partial charge in [-0.2, -0.15) is 0 Å². The second-order valence-corrected chi connectivity index (χ2v) is 6.99. The van der Waals surface area contributed by atoms with Crippen molar-refractivity contribution < 1.29 is 9.47 Å². The number of benzene rings is 1. The van der Waals surface area contributed by atoms with E-state index in [1.165, 1.54) is 44.2 Å². The smallest absolute Gasteiger partial charge is 0.118 e. The third-order valence-electron chi connectivity index (χ3n) is 6.01. The molecule has 0 N–H and O–H groups in total. The second-order valence-electron chi connectivity index (χ2n) is 6.99. The number of hydrogen-bond donors (Lipinski definition) is 0. The van der Waals surface area contributed by atoms with Crippen LogP contribution in [0.4, 0.5) is 0 Å². The summed E-state index contributed by atoms with van der Waals surface area (Å²) < 4.78 is 11.7. The lowest BCUT2D eigenvalue weighted by molar-refractivity contribution is 0.105. The molecule has 3 aliphatic rings. The first-order chi connectivity index (χ1) is 10.2. The zero-order valence-electron chi connectivity index (χ0n) is 13.1. The van der Waals surface area contributed by atoms with Gasteiger partial charge in [0.15, 0.2) is 0 Å². The Kier molecular flexibility index (Phi) is 3.05. The monoisotopic (exact) mass is 287 g/mol. The summed E-state index contributed by atoms with van der Waals surface area (Å²) >= 11 is 0. The summed E-state index contributed by atoms with van der Waals surface area (Å²) in [7, 11) is 3.99. The lowest BCUT2D eigenvalue weighted by Crippen LogP contribution is -2.55. The lowest BCUT2D eigenvalue weighted by Gasteiger charge is -2.42. The molecule has 2 saturated heterocycles. The maximum atomic E-state index is 6.45. The van der Waals surface area contributed by atoms with E-state index in [0.29, 0.717) is 6.04 Å². The van der Waals surface area contributed by atoms with Crippen molar-refractivity contribution in [1.29, 1.82) is 0 Å². The molecular weight excluding hydrogens is 262 g/mol. The Balaban J connectivity index is 1.57. The minimum atomic E-state index is 0.151. The molecule has 3 heteroatoms. The van der Waals surface area contributed by atoms with Gasteiger partial charge in [-0.05, 0) is 50.4 Å². The van der Waals surface area contributed by atoms with Gasteiger partial charge in [0.25, 0.3) is 0 Å². The van der Waals surface area contributed by atoms with Crippen LogP contribution in [0.5, 0.6) is 5.75 Å². The zero-order valence-corrected chi connectivity index (χ0v) is 13.1. The molecule has 3 atom stereocenters. The summed E-state index contributed by atoms with van der Waals surface area (Å²) in [6.07, 6.45) is 7.51. The van der Waals surface area contributed by atoms with Crippen LogP contribution in [0, 0.1) is 0 Å². The molecule has 2 heterocycles. The first-order valence-electron chi connectivity index (χ1n) is 8.22. The molecule has 1 aromatic carbocycles. The van der Waals surface area contributed by atoms with E-state index in [-0.39, 0.29) is 11.2 Å². The fraction of sp³-hybridized carbons (Fsp3) is 0.667.